The summed E-state index contributed by atoms with van der Waals surface area (Å²) in [5.74, 6) is 0.291. The maximum atomic E-state index is 10.5. The van der Waals surface area contributed by atoms with Crippen LogP contribution in [0, 0.1) is 0 Å². The maximum absolute atomic E-state index is 10.5. The predicted molar refractivity (Wildman–Crippen MR) is 48.2 cm³/mol. The van der Waals surface area contributed by atoms with E-state index in [1.54, 1.807) is 12.1 Å². The van der Waals surface area contributed by atoms with Crippen molar-refractivity contribution in [2.45, 2.75) is 0 Å². The van der Waals surface area contributed by atoms with Crippen LogP contribution in [0.2, 0.25) is 0 Å². The second kappa shape index (κ2) is 4.07. The first-order valence-electron chi connectivity index (χ1n) is 3.69. The highest BCUT2D eigenvalue weighted by molar-refractivity contribution is 6.61. The van der Waals surface area contributed by atoms with E-state index < -0.39 is 7.12 Å². The molecule has 68 valence electrons. The van der Waals surface area contributed by atoms with Crippen LogP contribution in [0.3, 0.4) is 0 Å². The fourth-order valence-corrected chi connectivity index (χ4v) is 1.12. The molecule has 1 rings (SSSR count). The van der Waals surface area contributed by atoms with Crippen molar-refractivity contribution in [2.75, 3.05) is 7.11 Å². The van der Waals surface area contributed by atoms with Gasteiger partial charge in [0.15, 0.2) is 0 Å². The average Bonchev–Trinajstić information content (AvgIpc) is 2.16. The molecule has 0 fully saturated rings. The van der Waals surface area contributed by atoms with Crippen LogP contribution in [0.4, 0.5) is 0 Å². The lowest BCUT2D eigenvalue weighted by Crippen LogP contribution is -2.34. The number of carbonyl (C=O) groups is 1. The summed E-state index contributed by atoms with van der Waals surface area (Å²) in [7, 11) is -0.299. The number of hydrogen-bond acceptors (Lipinski definition) is 4. The molecule has 0 bridgehead atoms. The molecule has 0 aromatic heterocycles. The summed E-state index contributed by atoms with van der Waals surface area (Å²) in [6.07, 6.45) is 0.553. The Labute approximate surface area is 75.9 Å². The lowest BCUT2D eigenvalue weighted by Gasteiger charge is -2.08. The van der Waals surface area contributed by atoms with Gasteiger partial charge < -0.3 is 14.8 Å². The molecule has 5 heteroatoms. The summed E-state index contributed by atoms with van der Waals surface area (Å²) in [6, 6.07) is 4.65. The minimum Gasteiger partial charge on any atom is -0.497 e. The SMILES string of the molecule is COc1cccc(C=O)c1B(O)O. The molecule has 0 heterocycles. The van der Waals surface area contributed by atoms with Crippen molar-refractivity contribution in [1.82, 2.24) is 0 Å². The highest BCUT2D eigenvalue weighted by Gasteiger charge is 2.20. The second-order valence-electron chi connectivity index (χ2n) is 2.45. The lowest BCUT2D eigenvalue weighted by atomic mass is 9.76. The number of carbonyl (C=O) groups excluding carboxylic acids is 1. The second-order valence-corrected chi connectivity index (χ2v) is 2.45. The topological polar surface area (TPSA) is 66.8 Å². The van der Waals surface area contributed by atoms with E-state index >= 15 is 0 Å². The molecule has 0 saturated carbocycles. The molecule has 0 spiro atoms. The molecule has 0 unspecified atom stereocenters. The number of ether oxygens (including phenoxy) is 1. The van der Waals surface area contributed by atoms with Gasteiger partial charge in [-0.2, -0.15) is 0 Å². The maximum Gasteiger partial charge on any atom is 0.492 e. The summed E-state index contributed by atoms with van der Waals surface area (Å²) < 4.78 is 4.87. The van der Waals surface area contributed by atoms with Crippen molar-refractivity contribution in [2.24, 2.45) is 0 Å². The summed E-state index contributed by atoms with van der Waals surface area (Å²) in [5.41, 5.74) is 0.314. The zero-order valence-corrected chi connectivity index (χ0v) is 7.10. The van der Waals surface area contributed by atoms with E-state index in [2.05, 4.69) is 0 Å². The minimum absolute atomic E-state index is 0.0972. The van der Waals surface area contributed by atoms with Gasteiger partial charge in [0.2, 0.25) is 0 Å². The molecule has 0 radical (unpaired) electrons. The Kier molecular flexibility index (Phi) is 3.05. The Hall–Kier alpha value is -1.33. The van der Waals surface area contributed by atoms with Crippen LogP contribution in [0.15, 0.2) is 18.2 Å². The van der Waals surface area contributed by atoms with Crippen LogP contribution in [-0.4, -0.2) is 30.6 Å². The summed E-state index contributed by atoms with van der Waals surface area (Å²) in [6.45, 7) is 0. The number of hydrogen-bond donors (Lipinski definition) is 2. The van der Waals surface area contributed by atoms with Gasteiger partial charge in [-0.3, -0.25) is 4.79 Å². The summed E-state index contributed by atoms with van der Waals surface area (Å²) >= 11 is 0. The van der Waals surface area contributed by atoms with Gasteiger partial charge in [0.1, 0.15) is 12.0 Å². The Morgan fingerprint density at radius 2 is 2.15 bits per heavy atom. The average molecular weight is 180 g/mol. The zero-order chi connectivity index (χ0) is 9.84. The standard InChI is InChI=1S/C8H9BO4/c1-13-7-4-2-3-6(5-10)8(7)9(11)12/h2-5,11-12H,1H3. The Morgan fingerprint density at radius 3 is 2.62 bits per heavy atom. The fraction of sp³-hybridized carbons (Fsp3) is 0.125. The molecule has 0 aliphatic carbocycles. The first-order valence-corrected chi connectivity index (χ1v) is 3.69. The molecular weight excluding hydrogens is 171 g/mol. The van der Waals surface area contributed by atoms with Crippen LogP contribution in [-0.2, 0) is 0 Å². The Balaban J connectivity index is 3.29. The van der Waals surface area contributed by atoms with E-state index in [0.29, 0.717) is 12.0 Å². The minimum atomic E-state index is -1.70. The lowest BCUT2D eigenvalue weighted by molar-refractivity contribution is 0.112. The van der Waals surface area contributed by atoms with E-state index in [1.807, 2.05) is 0 Å². The zero-order valence-electron chi connectivity index (χ0n) is 7.10. The Morgan fingerprint density at radius 1 is 1.46 bits per heavy atom. The summed E-state index contributed by atoms with van der Waals surface area (Å²) in [4.78, 5) is 10.5. The van der Waals surface area contributed by atoms with Gasteiger partial charge in [-0.25, -0.2) is 0 Å². The molecule has 1 aromatic rings. The number of aldehydes is 1. The van der Waals surface area contributed by atoms with Crippen molar-refractivity contribution >= 4 is 18.9 Å². The molecule has 4 nitrogen and oxygen atoms in total. The van der Waals surface area contributed by atoms with Gasteiger partial charge >= 0.3 is 7.12 Å². The third-order valence-electron chi connectivity index (χ3n) is 1.70. The van der Waals surface area contributed by atoms with Gasteiger partial charge in [-0.15, -0.1) is 0 Å². The van der Waals surface area contributed by atoms with Crippen molar-refractivity contribution in [3.63, 3.8) is 0 Å². The van der Waals surface area contributed by atoms with Gasteiger partial charge in [-0.1, -0.05) is 12.1 Å². The van der Waals surface area contributed by atoms with E-state index in [-0.39, 0.29) is 11.0 Å². The first-order chi connectivity index (χ1) is 6.20. The van der Waals surface area contributed by atoms with Gasteiger partial charge in [0.05, 0.1) is 7.11 Å². The fourth-order valence-electron chi connectivity index (χ4n) is 1.12. The molecule has 0 saturated heterocycles. The van der Waals surface area contributed by atoms with Crippen LogP contribution in [0.1, 0.15) is 10.4 Å². The van der Waals surface area contributed by atoms with E-state index in [9.17, 15) is 4.79 Å². The third-order valence-corrected chi connectivity index (χ3v) is 1.70. The van der Waals surface area contributed by atoms with Gasteiger partial charge in [0.25, 0.3) is 0 Å². The number of rotatable bonds is 3. The van der Waals surface area contributed by atoms with Gasteiger partial charge in [-0.05, 0) is 6.07 Å². The normalized spacial score (nSPS) is 9.46. The van der Waals surface area contributed by atoms with Crippen molar-refractivity contribution in [3.8, 4) is 5.75 Å². The highest BCUT2D eigenvalue weighted by atomic mass is 16.5. The molecular formula is C8H9BO4. The molecule has 0 aliphatic heterocycles. The van der Waals surface area contributed by atoms with Crippen LogP contribution in [0.25, 0.3) is 0 Å². The summed E-state index contributed by atoms with van der Waals surface area (Å²) in [5, 5.41) is 17.9. The molecule has 0 aliphatic rings. The molecule has 0 amide bonds. The van der Waals surface area contributed by atoms with Crippen molar-refractivity contribution in [3.05, 3.63) is 23.8 Å². The van der Waals surface area contributed by atoms with E-state index in [0.717, 1.165) is 0 Å². The highest BCUT2D eigenvalue weighted by Crippen LogP contribution is 2.08. The Bertz CT molecular complexity index is 311. The number of benzene rings is 1. The van der Waals surface area contributed by atoms with Crippen LogP contribution < -0.4 is 10.2 Å². The molecule has 13 heavy (non-hydrogen) atoms. The largest absolute Gasteiger partial charge is 0.497 e. The smallest absolute Gasteiger partial charge is 0.492 e. The molecule has 0 atom stereocenters. The van der Waals surface area contributed by atoms with E-state index in [1.165, 1.54) is 13.2 Å². The van der Waals surface area contributed by atoms with Crippen molar-refractivity contribution < 1.29 is 19.6 Å². The molecule has 1 aromatic carbocycles. The monoisotopic (exact) mass is 180 g/mol. The predicted octanol–water partition coefficient (Wildman–Crippen LogP) is -0.813. The van der Waals surface area contributed by atoms with Crippen LogP contribution >= 0.6 is 0 Å². The number of methoxy groups -OCH3 is 1. The van der Waals surface area contributed by atoms with Crippen LogP contribution in [0.5, 0.6) is 5.75 Å². The van der Waals surface area contributed by atoms with E-state index in [4.69, 9.17) is 14.8 Å². The molecule has 2 N–H and O–H groups in total. The first kappa shape index (κ1) is 9.76. The quantitative estimate of drug-likeness (QED) is 0.471. The van der Waals surface area contributed by atoms with Crippen molar-refractivity contribution in [1.29, 1.82) is 0 Å². The van der Waals surface area contributed by atoms with Gasteiger partial charge in [0, 0.05) is 11.0 Å². The third kappa shape index (κ3) is 1.88.